The van der Waals surface area contributed by atoms with Gasteiger partial charge in [-0.25, -0.2) is 4.79 Å². The minimum atomic E-state index is -0.682. The van der Waals surface area contributed by atoms with Crippen LogP contribution in [0.15, 0.2) is 54.6 Å². The van der Waals surface area contributed by atoms with Gasteiger partial charge in [-0.2, -0.15) is 0 Å². The number of carbonyl (C=O) groups is 3. The van der Waals surface area contributed by atoms with Crippen molar-refractivity contribution in [2.45, 2.75) is 25.4 Å². The third-order valence-electron chi connectivity index (χ3n) is 4.26. The summed E-state index contributed by atoms with van der Waals surface area (Å²) < 4.78 is 5.09. The molecule has 3 rings (SSSR count). The topological polar surface area (TPSA) is 75.7 Å². The lowest BCUT2D eigenvalue weighted by Gasteiger charge is -2.19. The molecule has 6 heteroatoms. The molecule has 0 aromatic heterocycles. The quantitative estimate of drug-likeness (QED) is 0.764. The minimum absolute atomic E-state index is 0.154. The highest BCUT2D eigenvalue weighted by atomic mass is 16.5. The molecule has 0 unspecified atom stereocenters. The molecule has 2 aromatic rings. The Balaban J connectivity index is 1.65. The molecule has 2 amide bonds. The molecule has 0 radical (unpaired) electrons. The average molecular weight is 366 g/mol. The van der Waals surface area contributed by atoms with Crippen molar-refractivity contribution in [2.75, 3.05) is 13.7 Å². The van der Waals surface area contributed by atoms with E-state index in [0.717, 1.165) is 18.4 Å². The second kappa shape index (κ2) is 8.49. The zero-order chi connectivity index (χ0) is 19.2. The average Bonchev–Trinajstić information content (AvgIpc) is 3.50. The predicted molar refractivity (Wildman–Crippen MR) is 100 cm³/mol. The molecule has 1 N–H and O–H groups in total. The van der Waals surface area contributed by atoms with Gasteiger partial charge in [0.25, 0.3) is 11.8 Å². The molecule has 0 aliphatic heterocycles. The number of ether oxygens (including phenoxy) is 1. The van der Waals surface area contributed by atoms with Gasteiger partial charge in [0.15, 0.2) is 6.61 Å². The standard InChI is InChI=1S/C21H22N2O4/c1-23(13-15-7-3-2-4-8-15)20(25)17-9-5-6-10-18(17)21(26)27-14-19(24)22-16-11-12-16/h2-10,16H,11-14H2,1H3,(H,22,24). The van der Waals surface area contributed by atoms with Crippen molar-refractivity contribution in [3.05, 3.63) is 71.3 Å². The number of hydrogen-bond donors (Lipinski definition) is 1. The summed E-state index contributed by atoms with van der Waals surface area (Å²) in [4.78, 5) is 38.4. The molecule has 27 heavy (non-hydrogen) atoms. The summed E-state index contributed by atoms with van der Waals surface area (Å²) in [7, 11) is 1.68. The monoisotopic (exact) mass is 366 g/mol. The van der Waals surface area contributed by atoms with Gasteiger partial charge in [-0.1, -0.05) is 42.5 Å². The molecule has 2 aromatic carbocycles. The molecule has 1 aliphatic rings. The van der Waals surface area contributed by atoms with E-state index < -0.39 is 5.97 Å². The maximum atomic E-state index is 12.8. The molecule has 0 atom stereocenters. The molecular weight excluding hydrogens is 344 g/mol. The van der Waals surface area contributed by atoms with E-state index in [9.17, 15) is 14.4 Å². The van der Waals surface area contributed by atoms with Crippen LogP contribution in [0, 0.1) is 0 Å². The zero-order valence-electron chi connectivity index (χ0n) is 15.2. The molecule has 0 saturated heterocycles. The summed E-state index contributed by atoms with van der Waals surface area (Å²) in [5.41, 5.74) is 1.40. The van der Waals surface area contributed by atoms with Crippen molar-refractivity contribution in [3.8, 4) is 0 Å². The Morgan fingerprint density at radius 2 is 1.63 bits per heavy atom. The molecule has 1 fully saturated rings. The smallest absolute Gasteiger partial charge is 0.339 e. The number of nitrogens with one attached hydrogen (secondary N) is 1. The van der Waals surface area contributed by atoms with Gasteiger partial charge in [-0.3, -0.25) is 9.59 Å². The molecule has 6 nitrogen and oxygen atoms in total. The van der Waals surface area contributed by atoms with Crippen LogP contribution < -0.4 is 5.32 Å². The second-order valence-corrected chi connectivity index (χ2v) is 6.61. The predicted octanol–water partition coefficient (Wildman–Crippen LogP) is 2.39. The van der Waals surface area contributed by atoms with Crippen LogP contribution in [0.4, 0.5) is 0 Å². The van der Waals surface area contributed by atoms with Crippen molar-refractivity contribution in [2.24, 2.45) is 0 Å². The Kier molecular flexibility index (Phi) is 5.86. The highest BCUT2D eigenvalue weighted by Crippen LogP contribution is 2.18. The highest BCUT2D eigenvalue weighted by Gasteiger charge is 2.25. The number of esters is 1. The van der Waals surface area contributed by atoms with Gasteiger partial charge in [0, 0.05) is 19.6 Å². The van der Waals surface area contributed by atoms with Gasteiger partial charge in [0.2, 0.25) is 0 Å². The van der Waals surface area contributed by atoms with E-state index in [0.29, 0.717) is 6.54 Å². The van der Waals surface area contributed by atoms with E-state index in [-0.39, 0.29) is 35.6 Å². The van der Waals surface area contributed by atoms with E-state index in [1.165, 1.54) is 6.07 Å². The lowest BCUT2D eigenvalue weighted by atomic mass is 10.1. The summed E-state index contributed by atoms with van der Waals surface area (Å²) in [6.07, 6.45) is 1.93. The van der Waals surface area contributed by atoms with Crippen molar-refractivity contribution in [1.82, 2.24) is 10.2 Å². The summed E-state index contributed by atoms with van der Waals surface area (Å²) in [5.74, 6) is -1.29. The maximum Gasteiger partial charge on any atom is 0.339 e. The fourth-order valence-corrected chi connectivity index (χ4v) is 2.69. The fourth-order valence-electron chi connectivity index (χ4n) is 2.69. The number of hydrogen-bond acceptors (Lipinski definition) is 4. The number of benzene rings is 2. The Labute approximate surface area is 158 Å². The van der Waals surface area contributed by atoms with Gasteiger partial charge >= 0.3 is 5.97 Å². The van der Waals surface area contributed by atoms with Crippen molar-refractivity contribution in [1.29, 1.82) is 0 Å². The number of amides is 2. The summed E-state index contributed by atoms with van der Waals surface area (Å²) in [6.45, 7) is 0.0740. The van der Waals surface area contributed by atoms with Crippen LogP contribution in [0.3, 0.4) is 0 Å². The first-order valence-corrected chi connectivity index (χ1v) is 8.89. The lowest BCUT2D eigenvalue weighted by Crippen LogP contribution is -2.31. The first-order valence-electron chi connectivity index (χ1n) is 8.89. The number of carbonyl (C=O) groups excluding carboxylic acids is 3. The Bertz CT molecular complexity index is 831. The maximum absolute atomic E-state index is 12.8. The summed E-state index contributed by atoms with van der Waals surface area (Å²) in [6, 6.07) is 16.3. The lowest BCUT2D eigenvalue weighted by molar-refractivity contribution is -0.124. The fraction of sp³-hybridized carbons (Fsp3) is 0.286. The van der Waals surface area contributed by atoms with Crippen molar-refractivity contribution < 1.29 is 19.1 Å². The second-order valence-electron chi connectivity index (χ2n) is 6.61. The van der Waals surface area contributed by atoms with Crippen LogP contribution >= 0.6 is 0 Å². The molecular formula is C21H22N2O4. The number of nitrogens with zero attached hydrogens (tertiary/aromatic N) is 1. The van der Waals surface area contributed by atoms with Gasteiger partial charge in [0.1, 0.15) is 0 Å². The highest BCUT2D eigenvalue weighted by molar-refractivity contribution is 6.05. The Morgan fingerprint density at radius 1 is 1.00 bits per heavy atom. The van der Waals surface area contributed by atoms with Crippen LogP contribution in [0.5, 0.6) is 0 Å². The van der Waals surface area contributed by atoms with Crippen molar-refractivity contribution >= 4 is 17.8 Å². The Morgan fingerprint density at radius 3 is 2.30 bits per heavy atom. The van der Waals surface area contributed by atoms with Crippen LogP contribution in [-0.2, 0) is 16.1 Å². The van der Waals surface area contributed by atoms with Gasteiger partial charge in [0.05, 0.1) is 11.1 Å². The van der Waals surface area contributed by atoms with Gasteiger partial charge < -0.3 is 15.0 Å². The zero-order valence-corrected chi connectivity index (χ0v) is 15.2. The van der Waals surface area contributed by atoms with E-state index in [2.05, 4.69) is 5.32 Å². The third kappa shape index (κ3) is 5.17. The number of rotatable bonds is 7. The van der Waals surface area contributed by atoms with E-state index >= 15 is 0 Å². The van der Waals surface area contributed by atoms with Gasteiger partial charge in [-0.15, -0.1) is 0 Å². The van der Waals surface area contributed by atoms with Crippen LogP contribution in [0.25, 0.3) is 0 Å². The third-order valence-corrected chi connectivity index (χ3v) is 4.26. The largest absolute Gasteiger partial charge is 0.452 e. The van der Waals surface area contributed by atoms with E-state index in [4.69, 9.17) is 4.74 Å². The molecule has 0 heterocycles. The summed E-state index contributed by atoms with van der Waals surface area (Å²) >= 11 is 0. The van der Waals surface area contributed by atoms with Crippen LogP contribution in [0.2, 0.25) is 0 Å². The minimum Gasteiger partial charge on any atom is -0.452 e. The molecule has 1 saturated carbocycles. The molecule has 1 aliphatic carbocycles. The van der Waals surface area contributed by atoms with E-state index in [1.54, 1.807) is 30.1 Å². The van der Waals surface area contributed by atoms with Crippen LogP contribution in [-0.4, -0.2) is 42.4 Å². The normalized spacial score (nSPS) is 12.9. The first-order chi connectivity index (χ1) is 13.0. The van der Waals surface area contributed by atoms with Crippen LogP contribution in [0.1, 0.15) is 39.1 Å². The van der Waals surface area contributed by atoms with Gasteiger partial charge in [-0.05, 0) is 30.5 Å². The Hall–Kier alpha value is -3.15. The van der Waals surface area contributed by atoms with Crippen molar-refractivity contribution in [3.63, 3.8) is 0 Å². The molecule has 140 valence electrons. The summed E-state index contributed by atoms with van der Waals surface area (Å²) in [5, 5.41) is 2.75. The first kappa shape index (κ1) is 18.6. The molecule has 0 bridgehead atoms. The SMILES string of the molecule is CN(Cc1ccccc1)C(=O)c1ccccc1C(=O)OCC(=O)NC1CC1. The molecule has 0 spiro atoms. The van der Waals surface area contributed by atoms with E-state index in [1.807, 2.05) is 30.3 Å².